The van der Waals surface area contributed by atoms with Crippen LogP contribution in [0.15, 0.2) is 23.2 Å². The van der Waals surface area contributed by atoms with E-state index in [9.17, 15) is 8.78 Å². The first-order valence-electron chi connectivity index (χ1n) is 6.46. The van der Waals surface area contributed by atoms with E-state index in [0.717, 1.165) is 5.56 Å². The molecule has 21 heavy (non-hydrogen) atoms. The molecule has 4 nitrogen and oxygen atoms in total. The summed E-state index contributed by atoms with van der Waals surface area (Å²) < 4.78 is 29.1. The highest BCUT2D eigenvalue weighted by molar-refractivity contribution is 14.0. The number of aliphatic imine (C=N–C) groups is 1. The number of alkyl halides is 2. The number of nitrogens with two attached hydrogens (primary N) is 1. The molecule has 1 aromatic rings. The van der Waals surface area contributed by atoms with Crippen molar-refractivity contribution in [3.8, 4) is 5.75 Å². The van der Waals surface area contributed by atoms with Crippen LogP contribution in [0.2, 0.25) is 0 Å². The zero-order chi connectivity index (χ0) is 15.1. The summed E-state index contributed by atoms with van der Waals surface area (Å²) in [5.41, 5.74) is 7.24. The van der Waals surface area contributed by atoms with Crippen molar-refractivity contribution < 1.29 is 13.5 Å². The van der Waals surface area contributed by atoms with Crippen LogP contribution < -0.4 is 15.8 Å². The van der Waals surface area contributed by atoms with Gasteiger partial charge < -0.3 is 15.8 Å². The van der Waals surface area contributed by atoms with Gasteiger partial charge in [-0.1, -0.05) is 31.5 Å². The Morgan fingerprint density at radius 2 is 2.05 bits per heavy atom. The standard InChI is InChI=1S/C14H21F2N3O.HI/c1-9(2)7-18-14(17)19-8-11-6-10(3)4-5-12(11)20-13(15)16;/h4-6,9,13H,7-8H2,1-3H3,(H3,17,18,19);1H. The third-order valence-corrected chi connectivity index (χ3v) is 2.54. The lowest BCUT2D eigenvalue weighted by atomic mass is 10.1. The summed E-state index contributed by atoms with van der Waals surface area (Å²) in [6.45, 7) is 4.03. The largest absolute Gasteiger partial charge is 0.434 e. The van der Waals surface area contributed by atoms with E-state index in [2.05, 4.69) is 28.9 Å². The van der Waals surface area contributed by atoms with Gasteiger partial charge in [-0.05, 0) is 18.9 Å². The second-order valence-corrected chi connectivity index (χ2v) is 4.97. The number of nitrogens with zero attached hydrogens (tertiary/aromatic N) is 1. The van der Waals surface area contributed by atoms with Gasteiger partial charge in [0.25, 0.3) is 0 Å². The molecule has 0 aliphatic carbocycles. The van der Waals surface area contributed by atoms with Crippen LogP contribution in [0.1, 0.15) is 25.0 Å². The van der Waals surface area contributed by atoms with Gasteiger partial charge in [-0.2, -0.15) is 8.78 Å². The number of guanidine groups is 1. The van der Waals surface area contributed by atoms with Crippen molar-refractivity contribution >= 4 is 29.9 Å². The first-order valence-corrected chi connectivity index (χ1v) is 6.46. The van der Waals surface area contributed by atoms with E-state index in [0.29, 0.717) is 24.0 Å². The number of halogens is 3. The molecule has 0 heterocycles. The molecular weight excluding hydrogens is 391 g/mol. The van der Waals surface area contributed by atoms with Gasteiger partial charge in [0.05, 0.1) is 6.54 Å². The third kappa shape index (κ3) is 8.03. The highest BCUT2D eigenvalue weighted by Gasteiger charge is 2.09. The summed E-state index contributed by atoms with van der Waals surface area (Å²) in [5, 5.41) is 2.97. The first kappa shape index (κ1) is 19.9. The number of aryl methyl sites for hydroxylation is 1. The fourth-order valence-corrected chi connectivity index (χ4v) is 1.58. The molecule has 0 aromatic heterocycles. The average molecular weight is 413 g/mol. The maximum atomic E-state index is 12.3. The molecule has 0 fully saturated rings. The van der Waals surface area contributed by atoms with Crippen molar-refractivity contribution in [2.75, 3.05) is 6.54 Å². The summed E-state index contributed by atoms with van der Waals surface area (Å²) in [4.78, 5) is 4.13. The molecule has 0 atom stereocenters. The molecule has 0 aliphatic heterocycles. The smallest absolute Gasteiger partial charge is 0.387 e. The van der Waals surface area contributed by atoms with Gasteiger partial charge in [0.15, 0.2) is 5.96 Å². The Balaban J connectivity index is 0.00000400. The molecule has 3 N–H and O–H groups in total. The van der Waals surface area contributed by atoms with Gasteiger partial charge >= 0.3 is 6.61 Å². The van der Waals surface area contributed by atoms with Crippen LogP contribution in [0.4, 0.5) is 8.78 Å². The van der Waals surface area contributed by atoms with Gasteiger partial charge in [-0.25, -0.2) is 4.99 Å². The van der Waals surface area contributed by atoms with Crippen LogP contribution in [-0.4, -0.2) is 19.1 Å². The maximum Gasteiger partial charge on any atom is 0.387 e. The zero-order valence-electron chi connectivity index (χ0n) is 12.4. The molecule has 7 heteroatoms. The van der Waals surface area contributed by atoms with Gasteiger partial charge in [0, 0.05) is 12.1 Å². The van der Waals surface area contributed by atoms with Crippen molar-refractivity contribution in [2.45, 2.75) is 33.9 Å². The monoisotopic (exact) mass is 413 g/mol. The average Bonchev–Trinajstić information content (AvgIpc) is 2.36. The minimum atomic E-state index is -2.85. The predicted molar refractivity (Wildman–Crippen MR) is 91.4 cm³/mol. The molecule has 0 radical (unpaired) electrons. The number of rotatable bonds is 6. The normalized spacial score (nSPS) is 11.5. The quantitative estimate of drug-likeness (QED) is 0.428. The van der Waals surface area contributed by atoms with Gasteiger partial charge in [0.2, 0.25) is 0 Å². The lowest BCUT2D eigenvalue weighted by Crippen LogP contribution is -2.34. The van der Waals surface area contributed by atoms with Crippen LogP contribution in [-0.2, 0) is 6.54 Å². The third-order valence-electron chi connectivity index (χ3n) is 2.54. The molecule has 1 rings (SSSR count). The fraction of sp³-hybridized carbons (Fsp3) is 0.500. The molecule has 1 aromatic carbocycles. The number of ether oxygens (including phenoxy) is 1. The molecule has 0 saturated heterocycles. The lowest BCUT2D eigenvalue weighted by Gasteiger charge is -2.11. The molecule has 0 saturated carbocycles. The first-order chi connectivity index (χ1) is 9.38. The lowest BCUT2D eigenvalue weighted by molar-refractivity contribution is -0.0504. The maximum absolute atomic E-state index is 12.3. The number of nitrogens with one attached hydrogen (secondary N) is 1. The highest BCUT2D eigenvalue weighted by Crippen LogP contribution is 2.22. The minimum Gasteiger partial charge on any atom is -0.434 e. The van der Waals surface area contributed by atoms with Gasteiger partial charge in [0.1, 0.15) is 5.75 Å². The summed E-state index contributed by atoms with van der Waals surface area (Å²) in [6, 6.07) is 4.99. The second-order valence-electron chi connectivity index (χ2n) is 4.97. The van der Waals surface area contributed by atoms with Crippen LogP contribution in [0.5, 0.6) is 5.75 Å². The van der Waals surface area contributed by atoms with Gasteiger partial charge in [-0.3, -0.25) is 0 Å². The summed E-state index contributed by atoms with van der Waals surface area (Å²) >= 11 is 0. The van der Waals surface area contributed by atoms with E-state index in [1.165, 1.54) is 6.07 Å². The van der Waals surface area contributed by atoms with E-state index >= 15 is 0 Å². The Bertz CT molecular complexity index is 468. The van der Waals surface area contributed by atoms with E-state index in [-0.39, 0.29) is 36.3 Å². The molecule has 120 valence electrons. The van der Waals surface area contributed by atoms with Crippen molar-refractivity contribution in [3.05, 3.63) is 29.3 Å². The molecule has 0 spiro atoms. The minimum absolute atomic E-state index is 0. The van der Waals surface area contributed by atoms with Crippen molar-refractivity contribution in [1.82, 2.24) is 5.32 Å². The topological polar surface area (TPSA) is 59.6 Å². The van der Waals surface area contributed by atoms with E-state index in [1.54, 1.807) is 12.1 Å². The van der Waals surface area contributed by atoms with E-state index in [1.807, 2.05) is 6.92 Å². The Morgan fingerprint density at radius 1 is 1.38 bits per heavy atom. The summed E-state index contributed by atoms with van der Waals surface area (Å²) in [5.74, 6) is 0.870. The van der Waals surface area contributed by atoms with Crippen LogP contribution in [0, 0.1) is 12.8 Å². The molecule has 0 aliphatic rings. The SMILES string of the molecule is Cc1ccc(OC(F)F)c(CN=C(N)NCC(C)C)c1.I. The van der Waals surface area contributed by atoms with Crippen molar-refractivity contribution in [2.24, 2.45) is 16.6 Å². The molecular formula is C14H22F2IN3O. The number of hydrogen-bond acceptors (Lipinski definition) is 2. The predicted octanol–water partition coefficient (Wildman–Crippen LogP) is 3.27. The number of hydrogen-bond donors (Lipinski definition) is 2. The number of benzene rings is 1. The summed E-state index contributed by atoms with van der Waals surface area (Å²) in [7, 11) is 0. The van der Waals surface area contributed by atoms with Crippen molar-refractivity contribution in [1.29, 1.82) is 0 Å². The van der Waals surface area contributed by atoms with Crippen LogP contribution in [0.3, 0.4) is 0 Å². The molecule has 0 unspecified atom stereocenters. The van der Waals surface area contributed by atoms with Crippen molar-refractivity contribution in [3.63, 3.8) is 0 Å². The zero-order valence-corrected chi connectivity index (χ0v) is 14.7. The Morgan fingerprint density at radius 3 is 2.62 bits per heavy atom. The Kier molecular flexibility index (Phi) is 9.23. The van der Waals surface area contributed by atoms with E-state index in [4.69, 9.17) is 5.73 Å². The highest BCUT2D eigenvalue weighted by atomic mass is 127. The van der Waals surface area contributed by atoms with E-state index < -0.39 is 6.61 Å². The Hall–Kier alpha value is -1.12. The Labute approximate surface area is 141 Å². The molecule has 0 bridgehead atoms. The summed E-state index contributed by atoms with van der Waals surface area (Å²) in [6.07, 6.45) is 0. The fourth-order valence-electron chi connectivity index (χ4n) is 1.58. The van der Waals surface area contributed by atoms with Crippen LogP contribution >= 0.6 is 24.0 Å². The second kappa shape index (κ2) is 9.75. The molecule has 0 amide bonds. The van der Waals surface area contributed by atoms with Gasteiger partial charge in [-0.15, -0.1) is 24.0 Å². The van der Waals surface area contributed by atoms with Crippen LogP contribution in [0.25, 0.3) is 0 Å².